The molecule has 0 unspecified atom stereocenters. The number of rotatable bonds is 5. The van der Waals surface area contributed by atoms with Gasteiger partial charge >= 0.3 is 0 Å². The lowest BCUT2D eigenvalue weighted by Gasteiger charge is -2.16. The number of hydrazone groups is 1. The summed E-state index contributed by atoms with van der Waals surface area (Å²) < 4.78 is 18.3. The second kappa shape index (κ2) is 6.65. The first-order valence-corrected chi connectivity index (χ1v) is 7.57. The topological polar surface area (TPSA) is 24.8 Å². The number of hydrogen-bond donors (Lipinski definition) is 0. The van der Waals surface area contributed by atoms with E-state index < -0.39 is 0 Å². The molecule has 0 atom stereocenters. The fourth-order valence-corrected chi connectivity index (χ4v) is 2.64. The molecule has 4 heteroatoms. The molecule has 23 heavy (non-hydrogen) atoms. The third-order valence-electron chi connectivity index (χ3n) is 3.89. The number of halogens is 1. The molecule has 0 bridgehead atoms. The summed E-state index contributed by atoms with van der Waals surface area (Å²) in [6.45, 7) is 4.95. The van der Waals surface area contributed by atoms with E-state index in [2.05, 4.69) is 11.7 Å². The van der Waals surface area contributed by atoms with Crippen LogP contribution in [0.3, 0.4) is 0 Å². The van der Waals surface area contributed by atoms with Crippen molar-refractivity contribution in [3.05, 3.63) is 77.8 Å². The van der Waals surface area contributed by atoms with Crippen LogP contribution in [0.15, 0.2) is 65.9 Å². The Bertz CT molecular complexity index is 737. The highest BCUT2D eigenvalue weighted by Crippen LogP contribution is 2.21. The Hall–Kier alpha value is -2.62. The predicted octanol–water partition coefficient (Wildman–Crippen LogP) is 4.00. The summed E-state index contributed by atoms with van der Waals surface area (Å²) >= 11 is 0. The minimum atomic E-state index is -0.230. The van der Waals surface area contributed by atoms with Crippen LogP contribution >= 0.6 is 0 Å². The molecule has 0 saturated carbocycles. The largest absolute Gasteiger partial charge is 0.497 e. The molecule has 3 nitrogen and oxygen atoms in total. The van der Waals surface area contributed by atoms with Crippen LogP contribution in [0, 0.1) is 5.82 Å². The molecule has 1 aliphatic heterocycles. The summed E-state index contributed by atoms with van der Waals surface area (Å²) in [5.74, 6) is 0.610. The number of ether oxygens (including phenoxy) is 1. The fraction of sp³-hybridized carbons (Fsp3) is 0.211. The lowest BCUT2D eigenvalue weighted by molar-refractivity contribution is 0.393. The predicted molar refractivity (Wildman–Crippen MR) is 90.1 cm³/mol. The SMILES string of the molecule is C=C(Cc1cccc(OC)c1)N1CCC(c2ccc(F)cc2)=N1. The van der Waals surface area contributed by atoms with Crippen LogP contribution in [-0.4, -0.2) is 24.4 Å². The number of hydrogen-bond acceptors (Lipinski definition) is 3. The maximum Gasteiger partial charge on any atom is 0.123 e. The van der Waals surface area contributed by atoms with Gasteiger partial charge in [0.1, 0.15) is 11.6 Å². The van der Waals surface area contributed by atoms with Crippen LogP contribution in [0.5, 0.6) is 5.75 Å². The van der Waals surface area contributed by atoms with Crippen molar-refractivity contribution in [1.29, 1.82) is 0 Å². The second-order valence-corrected chi connectivity index (χ2v) is 5.52. The van der Waals surface area contributed by atoms with E-state index in [0.717, 1.165) is 47.7 Å². The van der Waals surface area contributed by atoms with Crippen molar-refractivity contribution in [2.45, 2.75) is 12.8 Å². The number of allylic oxidation sites excluding steroid dienone is 1. The van der Waals surface area contributed by atoms with E-state index >= 15 is 0 Å². The van der Waals surface area contributed by atoms with Gasteiger partial charge in [0.2, 0.25) is 0 Å². The maximum atomic E-state index is 13.0. The molecular weight excluding hydrogens is 291 g/mol. The van der Waals surface area contributed by atoms with Gasteiger partial charge in [0.25, 0.3) is 0 Å². The molecule has 3 rings (SSSR count). The Morgan fingerprint density at radius 1 is 1.26 bits per heavy atom. The Balaban J connectivity index is 1.70. The first kappa shape index (κ1) is 15.3. The quantitative estimate of drug-likeness (QED) is 0.834. The number of methoxy groups -OCH3 is 1. The van der Waals surface area contributed by atoms with Crippen molar-refractivity contribution in [2.24, 2.45) is 5.10 Å². The Morgan fingerprint density at radius 3 is 2.78 bits per heavy atom. The summed E-state index contributed by atoms with van der Waals surface area (Å²) in [7, 11) is 1.66. The molecule has 0 aromatic heterocycles. The van der Waals surface area contributed by atoms with Crippen molar-refractivity contribution in [3.63, 3.8) is 0 Å². The molecular formula is C19H19FN2O. The Kier molecular flexibility index (Phi) is 4.42. The van der Waals surface area contributed by atoms with Gasteiger partial charge < -0.3 is 4.74 Å². The van der Waals surface area contributed by atoms with E-state index in [-0.39, 0.29) is 5.82 Å². The van der Waals surface area contributed by atoms with Gasteiger partial charge in [0, 0.05) is 25.1 Å². The standard InChI is InChI=1S/C19H19FN2O/c1-14(12-15-4-3-5-18(13-15)23-2)22-11-10-19(21-22)16-6-8-17(20)9-7-16/h3-9,13H,1,10-12H2,2H3. The maximum absolute atomic E-state index is 13.0. The third-order valence-corrected chi connectivity index (χ3v) is 3.89. The van der Waals surface area contributed by atoms with Crippen molar-refractivity contribution >= 4 is 5.71 Å². The van der Waals surface area contributed by atoms with Crippen molar-refractivity contribution in [3.8, 4) is 5.75 Å². The molecule has 0 radical (unpaired) electrons. The van der Waals surface area contributed by atoms with E-state index in [0.29, 0.717) is 0 Å². The first-order chi connectivity index (χ1) is 11.2. The van der Waals surface area contributed by atoms with Gasteiger partial charge in [-0.2, -0.15) is 5.10 Å². The lowest BCUT2D eigenvalue weighted by Crippen LogP contribution is -2.14. The zero-order valence-corrected chi connectivity index (χ0v) is 13.1. The average molecular weight is 310 g/mol. The molecule has 2 aromatic rings. The fourth-order valence-electron chi connectivity index (χ4n) is 2.64. The molecule has 0 spiro atoms. The van der Waals surface area contributed by atoms with E-state index in [1.165, 1.54) is 12.1 Å². The van der Waals surface area contributed by atoms with E-state index in [1.54, 1.807) is 19.2 Å². The number of benzene rings is 2. The van der Waals surface area contributed by atoms with Crippen LogP contribution in [0.1, 0.15) is 17.5 Å². The van der Waals surface area contributed by atoms with Crippen molar-refractivity contribution < 1.29 is 9.13 Å². The van der Waals surface area contributed by atoms with Gasteiger partial charge in [-0.05, 0) is 35.4 Å². The molecule has 1 aliphatic rings. The first-order valence-electron chi connectivity index (χ1n) is 7.57. The molecule has 118 valence electrons. The lowest BCUT2D eigenvalue weighted by atomic mass is 10.1. The van der Waals surface area contributed by atoms with Crippen LogP contribution in [0.2, 0.25) is 0 Å². The monoisotopic (exact) mass is 310 g/mol. The van der Waals surface area contributed by atoms with Gasteiger partial charge in [-0.1, -0.05) is 30.8 Å². The third kappa shape index (κ3) is 3.59. The minimum Gasteiger partial charge on any atom is -0.497 e. The summed E-state index contributed by atoms with van der Waals surface area (Å²) in [6, 6.07) is 14.4. The highest BCUT2D eigenvalue weighted by Gasteiger charge is 2.18. The van der Waals surface area contributed by atoms with Gasteiger partial charge in [-0.3, -0.25) is 5.01 Å². The Labute approximate surface area is 135 Å². The van der Waals surface area contributed by atoms with Crippen LogP contribution < -0.4 is 4.74 Å². The van der Waals surface area contributed by atoms with Crippen molar-refractivity contribution in [1.82, 2.24) is 5.01 Å². The van der Waals surface area contributed by atoms with E-state index in [4.69, 9.17) is 4.74 Å². The summed E-state index contributed by atoms with van der Waals surface area (Å²) in [5, 5.41) is 6.55. The van der Waals surface area contributed by atoms with Crippen LogP contribution in [-0.2, 0) is 6.42 Å². The smallest absolute Gasteiger partial charge is 0.123 e. The molecule has 0 fully saturated rings. The molecule has 2 aromatic carbocycles. The zero-order chi connectivity index (χ0) is 16.2. The summed E-state index contributed by atoms with van der Waals surface area (Å²) in [5.41, 5.74) is 4.01. The Morgan fingerprint density at radius 2 is 2.04 bits per heavy atom. The molecule has 1 heterocycles. The summed E-state index contributed by atoms with van der Waals surface area (Å²) in [6.07, 6.45) is 1.56. The molecule has 0 N–H and O–H groups in total. The van der Waals surface area contributed by atoms with Gasteiger partial charge in [-0.25, -0.2) is 4.39 Å². The van der Waals surface area contributed by atoms with E-state index in [9.17, 15) is 4.39 Å². The van der Waals surface area contributed by atoms with Crippen molar-refractivity contribution in [2.75, 3.05) is 13.7 Å². The van der Waals surface area contributed by atoms with Crippen LogP contribution in [0.25, 0.3) is 0 Å². The number of nitrogens with zero attached hydrogens (tertiary/aromatic N) is 2. The highest BCUT2D eigenvalue weighted by atomic mass is 19.1. The average Bonchev–Trinajstić information content (AvgIpc) is 3.06. The normalized spacial score (nSPS) is 13.8. The van der Waals surface area contributed by atoms with Gasteiger partial charge in [0.05, 0.1) is 12.8 Å². The molecule has 0 amide bonds. The minimum absolute atomic E-state index is 0.230. The second-order valence-electron chi connectivity index (χ2n) is 5.52. The molecule has 0 saturated heterocycles. The van der Waals surface area contributed by atoms with Gasteiger partial charge in [-0.15, -0.1) is 0 Å². The zero-order valence-electron chi connectivity index (χ0n) is 13.1. The van der Waals surface area contributed by atoms with Gasteiger partial charge in [0.15, 0.2) is 0 Å². The summed E-state index contributed by atoms with van der Waals surface area (Å²) in [4.78, 5) is 0. The van der Waals surface area contributed by atoms with Crippen LogP contribution in [0.4, 0.5) is 4.39 Å². The molecule has 0 aliphatic carbocycles. The van der Waals surface area contributed by atoms with E-state index in [1.807, 2.05) is 29.3 Å². The highest BCUT2D eigenvalue weighted by molar-refractivity contribution is 6.01.